The van der Waals surface area contributed by atoms with Crippen molar-refractivity contribution in [2.24, 2.45) is 0 Å². The fourth-order valence-corrected chi connectivity index (χ4v) is 3.59. The lowest BCUT2D eigenvalue weighted by molar-refractivity contribution is 0.0701. The van der Waals surface area contributed by atoms with E-state index in [1.54, 1.807) is 13.0 Å². The Morgan fingerprint density at radius 2 is 2.16 bits per heavy atom. The molecule has 0 spiro atoms. The first kappa shape index (κ1) is 17.4. The first-order valence-corrected chi connectivity index (χ1v) is 8.77. The van der Waals surface area contributed by atoms with E-state index in [1.807, 2.05) is 18.2 Å². The zero-order valence-electron chi connectivity index (χ0n) is 13.3. The number of carboxylic acid groups (broad SMARTS) is 1. The number of amides is 1. The molecule has 8 heteroatoms. The topological polar surface area (TPSA) is 92.2 Å². The van der Waals surface area contributed by atoms with E-state index >= 15 is 0 Å². The van der Waals surface area contributed by atoms with Crippen LogP contribution in [0.5, 0.6) is 0 Å². The molecule has 0 aliphatic rings. The second-order valence-electron chi connectivity index (χ2n) is 5.41. The highest BCUT2D eigenvalue weighted by Gasteiger charge is 2.14. The van der Waals surface area contributed by atoms with Crippen molar-refractivity contribution in [3.05, 3.63) is 51.6 Å². The number of carbonyl (C=O) groups is 2. The standard InChI is InChI=1S/C17H15N3O3S2/c1-9-15(17(22)23)25-13(20-9)5-6-18-16(21)11-7-10-3-2-4-12(24)14(10)19-8-11/h2-4,7-8,24H,5-6H2,1H3,(H,18,21)(H,22,23). The Morgan fingerprint density at radius 3 is 2.88 bits per heavy atom. The molecule has 0 fully saturated rings. The smallest absolute Gasteiger partial charge is 0.347 e. The van der Waals surface area contributed by atoms with Gasteiger partial charge in [-0.15, -0.1) is 24.0 Å². The SMILES string of the molecule is Cc1nc(CCNC(=O)c2cnc3c(S)cccc3c2)sc1C(=O)O. The van der Waals surface area contributed by atoms with Crippen LogP contribution in [0.15, 0.2) is 35.4 Å². The third-order valence-corrected chi connectivity index (χ3v) is 5.18. The summed E-state index contributed by atoms with van der Waals surface area (Å²) in [6.07, 6.45) is 2.00. The maximum atomic E-state index is 12.3. The second-order valence-corrected chi connectivity index (χ2v) is 6.97. The number of carbonyl (C=O) groups excluding carboxylic acids is 1. The minimum absolute atomic E-state index is 0.231. The summed E-state index contributed by atoms with van der Waals surface area (Å²) in [6, 6.07) is 7.36. The van der Waals surface area contributed by atoms with Crippen molar-refractivity contribution in [2.75, 3.05) is 6.54 Å². The number of rotatable bonds is 5. The first-order valence-electron chi connectivity index (χ1n) is 7.51. The van der Waals surface area contributed by atoms with Crippen LogP contribution < -0.4 is 5.32 Å². The lowest BCUT2D eigenvalue weighted by atomic mass is 10.1. The number of aromatic carboxylic acids is 1. The molecule has 3 aromatic rings. The molecule has 1 amide bonds. The highest BCUT2D eigenvalue weighted by Crippen LogP contribution is 2.20. The van der Waals surface area contributed by atoms with Crippen LogP contribution in [0.2, 0.25) is 0 Å². The van der Waals surface area contributed by atoms with Gasteiger partial charge in [0.2, 0.25) is 0 Å². The molecular weight excluding hydrogens is 358 g/mol. The van der Waals surface area contributed by atoms with Crippen molar-refractivity contribution < 1.29 is 14.7 Å². The van der Waals surface area contributed by atoms with Gasteiger partial charge in [-0.2, -0.15) is 0 Å². The lowest BCUT2D eigenvalue weighted by Crippen LogP contribution is -2.25. The number of nitrogens with one attached hydrogen (secondary N) is 1. The van der Waals surface area contributed by atoms with Crippen molar-refractivity contribution in [2.45, 2.75) is 18.2 Å². The monoisotopic (exact) mass is 373 g/mol. The van der Waals surface area contributed by atoms with Gasteiger partial charge in [-0.25, -0.2) is 9.78 Å². The minimum Gasteiger partial charge on any atom is -0.477 e. The van der Waals surface area contributed by atoms with E-state index in [1.165, 1.54) is 6.20 Å². The quantitative estimate of drug-likeness (QED) is 0.598. The summed E-state index contributed by atoms with van der Waals surface area (Å²) in [5, 5.41) is 13.4. The van der Waals surface area contributed by atoms with Crippen LogP contribution in [0.1, 0.15) is 30.7 Å². The van der Waals surface area contributed by atoms with E-state index in [0.717, 1.165) is 27.1 Å². The molecule has 0 aliphatic carbocycles. The van der Waals surface area contributed by atoms with Gasteiger partial charge in [-0.1, -0.05) is 12.1 Å². The van der Waals surface area contributed by atoms with Crippen LogP contribution in [0, 0.1) is 6.92 Å². The average Bonchev–Trinajstić information content (AvgIpc) is 2.95. The molecule has 0 atom stereocenters. The molecule has 0 radical (unpaired) electrons. The molecule has 0 unspecified atom stereocenters. The molecule has 3 rings (SSSR count). The fraction of sp³-hybridized carbons (Fsp3) is 0.176. The van der Waals surface area contributed by atoms with E-state index in [9.17, 15) is 9.59 Å². The third-order valence-electron chi connectivity index (χ3n) is 3.61. The molecular formula is C17H15N3O3S2. The molecule has 6 nitrogen and oxygen atoms in total. The Kier molecular flexibility index (Phi) is 5.00. The highest BCUT2D eigenvalue weighted by molar-refractivity contribution is 7.80. The van der Waals surface area contributed by atoms with Crippen LogP contribution in [0.4, 0.5) is 0 Å². The Labute approximate surface area is 153 Å². The number of thiazole rings is 1. The predicted octanol–water partition coefficient (Wildman–Crippen LogP) is 2.96. The number of para-hydroxylation sites is 1. The van der Waals surface area contributed by atoms with Crippen molar-refractivity contribution in [3.63, 3.8) is 0 Å². The molecule has 1 aromatic carbocycles. The van der Waals surface area contributed by atoms with E-state index in [-0.39, 0.29) is 10.8 Å². The third kappa shape index (κ3) is 3.80. The molecule has 2 N–H and O–H groups in total. The number of aromatic nitrogens is 2. The van der Waals surface area contributed by atoms with Crippen LogP contribution in [0.3, 0.4) is 0 Å². The van der Waals surface area contributed by atoms with Gasteiger partial charge in [-0.3, -0.25) is 9.78 Å². The second kappa shape index (κ2) is 7.20. The number of fused-ring (bicyclic) bond motifs is 1. The summed E-state index contributed by atoms with van der Waals surface area (Å²) in [5.41, 5.74) is 1.72. The largest absolute Gasteiger partial charge is 0.477 e. The van der Waals surface area contributed by atoms with E-state index in [0.29, 0.717) is 29.2 Å². The summed E-state index contributed by atoms with van der Waals surface area (Å²) >= 11 is 5.48. The highest BCUT2D eigenvalue weighted by atomic mass is 32.1. The molecule has 0 bridgehead atoms. The Balaban J connectivity index is 1.65. The number of carboxylic acids is 1. The average molecular weight is 373 g/mol. The summed E-state index contributed by atoms with van der Waals surface area (Å²) in [4.78, 5) is 32.8. The van der Waals surface area contributed by atoms with Gasteiger partial charge in [-0.05, 0) is 19.1 Å². The van der Waals surface area contributed by atoms with E-state index in [4.69, 9.17) is 5.11 Å². The maximum Gasteiger partial charge on any atom is 0.347 e. The summed E-state index contributed by atoms with van der Waals surface area (Å²) < 4.78 is 0. The number of hydrogen-bond acceptors (Lipinski definition) is 6. The molecule has 25 heavy (non-hydrogen) atoms. The van der Waals surface area contributed by atoms with Gasteiger partial charge >= 0.3 is 5.97 Å². The van der Waals surface area contributed by atoms with Crippen LogP contribution in [0.25, 0.3) is 10.9 Å². The van der Waals surface area contributed by atoms with Gasteiger partial charge in [0.05, 0.1) is 21.8 Å². The van der Waals surface area contributed by atoms with Gasteiger partial charge in [0.25, 0.3) is 5.91 Å². The zero-order chi connectivity index (χ0) is 18.0. The zero-order valence-corrected chi connectivity index (χ0v) is 15.0. The van der Waals surface area contributed by atoms with E-state index < -0.39 is 5.97 Å². The van der Waals surface area contributed by atoms with Crippen LogP contribution in [-0.4, -0.2) is 33.5 Å². The van der Waals surface area contributed by atoms with Crippen molar-refractivity contribution in [1.29, 1.82) is 0 Å². The maximum absolute atomic E-state index is 12.3. The Morgan fingerprint density at radius 1 is 1.36 bits per heavy atom. The number of aryl methyl sites for hydroxylation is 1. The van der Waals surface area contributed by atoms with Gasteiger partial charge in [0.1, 0.15) is 4.88 Å². The Hall–Kier alpha value is -2.45. The minimum atomic E-state index is -0.976. The molecule has 0 saturated heterocycles. The molecule has 128 valence electrons. The predicted molar refractivity (Wildman–Crippen MR) is 98.8 cm³/mol. The first-order chi connectivity index (χ1) is 12.0. The van der Waals surface area contributed by atoms with Gasteiger partial charge in [0.15, 0.2) is 0 Å². The lowest BCUT2D eigenvalue weighted by Gasteiger charge is -2.06. The Bertz CT molecular complexity index is 969. The number of hydrogen-bond donors (Lipinski definition) is 3. The molecule has 0 aliphatic heterocycles. The molecule has 2 heterocycles. The van der Waals surface area contributed by atoms with Gasteiger partial charge < -0.3 is 10.4 Å². The molecule has 2 aromatic heterocycles. The number of nitrogens with zero attached hydrogens (tertiary/aromatic N) is 2. The van der Waals surface area contributed by atoms with Crippen molar-refractivity contribution in [1.82, 2.24) is 15.3 Å². The fourth-order valence-electron chi connectivity index (χ4n) is 2.41. The summed E-state index contributed by atoms with van der Waals surface area (Å²) in [6.45, 7) is 2.04. The number of thiol groups is 1. The summed E-state index contributed by atoms with van der Waals surface area (Å²) in [7, 11) is 0. The van der Waals surface area contributed by atoms with Crippen molar-refractivity contribution in [3.8, 4) is 0 Å². The van der Waals surface area contributed by atoms with E-state index in [2.05, 4.69) is 27.9 Å². The number of benzene rings is 1. The van der Waals surface area contributed by atoms with Crippen LogP contribution >= 0.6 is 24.0 Å². The summed E-state index contributed by atoms with van der Waals surface area (Å²) in [5.74, 6) is -1.21. The normalized spacial score (nSPS) is 10.8. The number of pyridine rings is 1. The van der Waals surface area contributed by atoms with Gasteiger partial charge in [0, 0.05) is 29.4 Å². The van der Waals surface area contributed by atoms with Crippen molar-refractivity contribution >= 4 is 46.7 Å². The van der Waals surface area contributed by atoms with Crippen LogP contribution in [-0.2, 0) is 6.42 Å². The molecule has 0 saturated carbocycles.